The Balaban J connectivity index is 1.89. The lowest BCUT2D eigenvalue weighted by molar-refractivity contribution is 0.00942. The molecule has 0 amide bonds. The molecule has 0 spiro atoms. The van der Waals surface area contributed by atoms with E-state index in [9.17, 15) is 0 Å². The Labute approximate surface area is 130 Å². The van der Waals surface area contributed by atoms with Crippen LogP contribution in [0.25, 0.3) is 0 Å². The Bertz CT molecular complexity index is 372. The molecule has 1 aromatic rings. The summed E-state index contributed by atoms with van der Waals surface area (Å²) in [7, 11) is 0. The van der Waals surface area contributed by atoms with Crippen molar-refractivity contribution in [2.24, 2.45) is 5.92 Å². The van der Waals surface area contributed by atoms with Gasteiger partial charge in [0.25, 0.3) is 0 Å². The molecule has 2 rings (SSSR count). The van der Waals surface area contributed by atoms with E-state index < -0.39 is 0 Å². The van der Waals surface area contributed by atoms with Gasteiger partial charge in [0.2, 0.25) is 0 Å². The van der Waals surface area contributed by atoms with Crippen molar-refractivity contribution < 1.29 is 4.74 Å². The molecular weight excluding hydrogens is 258 g/mol. The molecule has 21 heavy (non-hydrogen) atoms. The van der Waals surface area contributed by atoms with Crippen LogP contribution in [-0.2, 0) is 4.74 Å². The van der Waals surface area contributed by atoms with E-state index in [2.05, 4.69) is 49.5 Å². The summed E-state index contributed by atoms with van der Waals surface area (Å²) in [5.41, 5.74) is 1.34. The van der Waals surface area contributed by atoms with Crippen molar-refractivity contribution in [1.82, 2.24) is 5.32 Å². The van der Waals surface area contributed by atoms with Crippen LogP contribution in [0.4, 0.5) is 0 Å². The van der Waals surface area contributed by atoms with Crippen LogP contribution in [0.1, 0.15) is 64.0 Å². The maximum absolute atomic E-state index is 6.23. The first-order valence-electron chi connectivity index (χ1n) is 8.71. The fourth-order valence-electron chi connectivity index (χ4n) is 3.25. The minimum Gasteiger partial charge on any atom is -0.376 e. The van der Waals surface area contributed by atoms with Crippen molar-refractivity contribution >= 4 is 0 Å². The Morgan fingerprint density at radius 2 is 1.86 bits per heavy atom. The quantitative estimate of drug-likeness (QED) is 0.748. The third-order valence-electron chi connectivity index (χ3n) is 4.56. The van der Waals surface area contributed by atoms with Gasteiger partial charge in [-0.3, -0.25) is 0 Å². The minimum absolute atomic E-state index is 0.223. The van der Waals surface area contributed by atoms with Gasteiger partial charge in [-0.15, -0.1) is 0 Å². The van der Waals surface area contributed by atoms with Crippen molar-refractivity contribution in [2.45, 2.75) is 64.5 Å². The van der Waals surface area contributed by atoms with Crippen molar-refractivity contribution in [1.29, 1.82) is 0 Å². The summed E-state index contributed by atoms with van der Waals surface area (Å²) < 4.78 is 6.23. The van der Waals surface area contributed by atoms with E-state index in [0.717, 1.165) is 25.5 Å². The van der Waals surface area contributed by atoms with Crippen molar-refractivity contribution in [3.63, 3.8) is 0 Å². The van der Waals surface area contributed by atoms with Gasteiger partial charge in [0.1, 0.15) is 0 Å². The molecule has 1 N–H and O–H groups in total. The van der Waals surface area contributed by atoms with Gasteiger partial charge in [-0.2, -0.15) is 0 Å². The second-order valence-corrected chi connectivity index (χ2v) is 6.38. The van der Waals surface area contributed by atoms with Crippen LogP contribution < -0.4 is 5.32 Å². The fourth-order valence-corrected chi connectivity index (χ4v) is 3.25. The molecule has 2 unspecified atom stereocenters. The topological polar surface area (TPSA) is 21.3 Å². The van der Waals surface area contributed by atoms with Gasteiger partial charge in [-0.1, -0.05) is 56.5 Å². The highest BCUT2D eigenvalue weighted by Crippen LogP contribution is 2.26. The summed E-state index contributed by atoms with van der Waals surface area (Å²) in [5.74, 6) is 0.781. The van der Waals surface area contributed by atoms with E-state index in [4.69, 9.17) is 4.74 Å². The predicted molar refractivity (Wildman–Crippen MR) is 89.5 cm³/mol. The standard InChI is InChI=1S/C19H31NO/c1-3-14-20-19(18-12-8-5-9-13-18)16(2)21-15-17-10-6-4-7-11-17/h5,8-9,12-13,16-17,19-20H,3-4,6-7,10-11,14-15H2,1-2H3. The number of ether oxygens (including phenoxy) is 1. The van der Waals surface area contributed by atoms with Gasteiger partial charge in [-0.05, 0) is 44.2 Å². The average molecular weight is 289 g/mol. The molecule has 0 radical (unpaired) electrons. The molecule has 1 fully saturated rings. The van der Waals surface area contributed by atoms with Gasteiger partial charge in [-0.25, -0.2) is 0 Å². The Morgan fingerprint density at radius 3 is 2.52 bits per heavy atom. The summed E-state index contributed by atoms with van der Waals surface area (Å²) in [6.07, 6.45) is 8.27. The molecule has 2 atom stereocenters. The van der Waals surface area contributed by atoms with Gasteiger partial charge in [0.15, 0.2) is 0 Å². The summed E-state index contributed by atoms with van der Waals surface area (Å²) >= 11 is 0. The number of rotatable bonds is 8. The first-order chi connectivity index (χ1) is 10.3. The number of nitrogens with one attached hydrogen (secondary N) is 1. The predicted octanol–water partition coefficient (Wildman–Crippen LogP) is 4.71. The lowest BCUT2D eigenvalue weighted by Crippen LogP contribution is -2.33. The smallest absolute Gasteiger partial charge is 0.0741 e. The summed E-state index contributed by atoms with van der Waals surface area (Å²) in [6.45, 7) is 6.39. The number of benzene rings is 1. The highest BCUT2D eigenvalue weighted by molar-refractivity contribution is 5.19. The van der Waals surface area contributed by atoms with E-state index in [1.54, 1.807) is 0 Å². The molecule has 0 bridgehead atoms. The van der Waals surface area contributed by atoms with E-state index in [0.29, 0.717) is 6.04 Å². The normalized spacial score (nSPS) is 19.3. The molecule has 0 heterocycles. The zero-order valence-corrected chi connectivity index (χ0v) is 13.7. The van der Waals surface area contributed by atoms with Crippen LogP contribution >= 0.6 is 0 Å². The zero-order valence-electron chi connectivity index (χ0n) is 13.7. The van der Waals surface area contributed by atoms with Gasteiger partial charge in [0, 0.05) is 6.61 Å². The first-order valence-corrected chi connectivity index (χ1v) is 8.71. The van der Waals surface area contributed by atoms with Crippen LogP contribution in [0.15, 0.2) is 30.3 Å². The second-order valence-electron chi connectivity index (χ2n) is 6.38. The van der Waals surface area contributed by atoms with Crippen molar-refractivity contribution in [3.8, 4) is 0 Å². The molecule has 118 valence electrons. The van der Waals surface area contributed by atoms with Gasteiger partial charge >= 0.3 is 0 Å². The van der Waals surface area contributed by atoms with E-state index in [-0.39, 0.29) is 6.10 Å². The first kappa shape index (κ1) is 16.5. The van der Waals surface area contributed by atoms with Crippen LogP contribution in [0.3, 0.4) is 0 Å². The number of hydrogen-bond acceptors (Lipinski definition) is 2. The molecule has 0 aromatic heterocycles. The highest BCUT2D eigenvalue weighted by Gasteiger charge is 2.21. The highest BCUT2D eigenvalue weighted by atomic mass is 16.5. The van der Waals surface area contributed by atoms with Crippen LogP contribution in [0, 0.1) is 5.92 Å². The molecule has 2 nitrogen and oxygen atoms in total. The van der Waals surface area contributed by atoms with E-state index in [1.165, 1.54) is 37.7 Å². The molecule has 2 heteroatoms. The average Bonchev–Trinajstić information content (AvgIpc) is 2.55. The monoisotopic (exact) mass is 289 g/mol. The molecule has 1 aliphatic rings. The third kappa shape index (κ3) is 5.44. The fraction of sp³-hybridized carbons (Fsp3) is 0.684. The summed E-state index contributed by atoms with van der Waals surface area (Å²) in [5, 5.41) is 3.65. The van der Waals surface area contributed by atoms with Gasteiger partial charge < -0.3 is 10.1 Å². The lowest BCUT2D eigenvalue weighted by atomic mass is 9.90. The van der Waals surface area contributed by atoms with Gasteiger partial charge in [0.05, 0.1) is 12.1 Å². The second kappa shape index (κ2) is 9.22. The summed E-state index contributed by atoms with van der Waals surface area (Å²) in [4.78, 5) is 0. The molecule has 0 aliphatic heterocycles. The molecule has 1 aliphatic carbocycles. The Morgan fingerprint density at radius 1 is 1.14 bits per heavy atom. The third-order valence-corrected chi connectivity index (χ3v) is 4.56. The molecule has 0 saturated heterocycles. The van der Waals surface area contributed by atoms with E-state index in [1.807, 2.05) is 0 Å². The van der Waals surface area contributed by atoms with E-state index >= 15 is 0 Å². The minimum atomic E-state index is 0.223. The Kier molecular flexibility index (Phi) is 7.25. The van der Waals surface area contributed by atoms with Crippen molar-refractivity contribution in [3.05, 3.63) is 35.9 Å². The van der Waals surface area contributed by atoms with Crippen LogP contribution in [0.5, 0.6) is 0 Å². The SMILES string of the molecule is CCCNC(c1ccccc1)C(C)OCC1CCCCC1. The largest absolute Gasteiger partial charge is 0.376 e. The maximum atomic E-state index is 6.23. The molecule has 1 saturated carbocycles. The lowest BCUT2D eigenvalue weighted by Gasteiger charge is -2.29. The molecule has 1 aromatic carbocycles. The van der Waals surface area contributed by atoms with Crippen LogP contribution in [0.2, 0.25) is 0 Å². The molecular formula is C19H31NO. The van der Waals surface area contributed by atoms with Crippen LogP contribution in [-0.4, -0.2) is 19.3 Å². The Hall–Kier alpha value is -0.860. The number of hydrogen-bond donors (Lipinski definition) is 1. The summed E-state index contributed by atoms with van der Waals surface area (Å²) in [6, 6.07) is 11.0. The van der Waals surface area contributed by atoms with Crippen molar-refractivity contribution in [2.75, 3.05) is 13.2 Å². The zero-order chi connectivity index (χ0) is 14.9. The maximum Gasteiger partial charge on any atom is 0.0741 e.